The van der Waals surface area contributed by atoms with Crippen LogP contribution in [-0.2, 0) is 21.1 Å². The Bertz CT molecular complexity index is 1110. The van der Waals surface area contributed by atoms with Crippen molar-refractivity contribution in [3.05, 3.63) is 75.9 Å². The molecule has 0 unspecified atom stereocenters. The first-order chi connectivity index (χ1) is 12.6. The molecule has 3 rings (SSSR count). The van der Waals surface area contributed by atoms with E-state index in [9.17, 15) is 27.1 Å². The van der Waals surface area contributed by atoms with Crippen LogP contribution in [0, 0.1) is 11.6 Å². The summed E-state index contributed by atoms with van der Waals surface area (Å²) >= 11 is 0. The second-order valence-electron chi connectivity index (χ2n) is 6.46. The highest BCUT2D eigenvalue weighted by Gasteiger charge is 2.27. The molecule has 0 amide bonds. The minimum Gasteiger partial charge on any atom is -0.478 e. The average Bonchev–Trinajstić information content (AvgIpc) is 2.87. The highest BCUT2D eigenvalue weighted by atomic mass is 32.2. The number of hydrogen-bond acceptors (Lipinski definition) is 3. The lowest BCUT2D eigenvalue weighted by atomic mass is 9.95. The van der Waals surface area contributed by atoms with Crippen molar-refractivity contribution in [1.29, 1.82) is 0 Å². The van der Waals surface area contributed by atoms with Crippen LogP contribution in [0.15, 0.2) is 52.4 Å². The van der Waals surface area contributed by atoms with Gasteiger partial charge in [0.2, 0.25) is 0 Å². The number of carboxylic acid groups (broad SMARTS) is 1. The maximum absolute atomic E-state index is 13.7. The van der Waals surface area contributed by atoms with E-state index in [4.69, 9.17) is 0 Å². The Labute approximate surface area is 155 Å². The molecule has 0 spiro atoms. The van der Waals surface area contributed by atoms with E-state index in [0.717, 1.165) is 18.4 Å². The van der Waals surface area contributed by atoms with Gasteiger partial charge < -0.3 is 5.11 Å². The van der Waals surface area contributed by atoms with Gasteiger partial charge in [-0.2, -0.15) is 0 Å². The number of aliphatic carboxylic acids is 1. The smallest absolute Gasteiger partial charge is 0.336 e. The summed E-state index contributed by atoms with van der Waals surface area (Å²) in [5.74, 6) is -3.22. The molecule has 0 saturated heterocycles. The predicted molar refractivity (Wildman–Crippen MR) is 97.8 cm³/mol. The van der Waals surface area contributed by atoms with E-state index in [1.807, 2.05) is 0 Å². The van der Waals surface area contributed by atoms with Gasteiger partial charge in [0.1, 0.15) is 0 Å². The molecule has 0 heterocycles. The van der Waals surface area contributed by atoms with Crippen molar-refractivity contribution in [2.24, 2.45) is 0 Å². The number of halogens is 2. The molecule has 2 aromatic rings. The van der Waals surface area contributed by atoms with Gasteiger partial charge in [-0.15, -0.1) is 0 Å². The lowest BCUT2D eigenvalue weighted by Crippen LogP contribution is -2.04. The normalized spacial score (nSPS) is 14.4. The van der Waals surface area contributed by atoms with Crippen LogP contribution in [0.2, 0.25) is 0 Å². The van der Waals surface area contributed by atoms with Gasteiger partial charge in [0.25, 0.3) is 0 Å². The lowest BCUT2D eigenvalue weighted by Gasteiger charge is -2.09. The van der Waals surface area contributed by atoms with Crippen LogP contribution in [0.5, 0.6) is 0 Å². The molecule has 140 valence electrons. The summed E-state index contributed by atoms with van der Waals surface area (Å²) in [6, 6.07) is 7.87. The zero-order valence-corrected chi connectivity index (χ0v) is 15.4. The Hall–Kier alpha value is -2.80. The van der Waals surface area contributed by atoms with Crippen LogP contribution < -0.4 is 0 Å². The fourth-order valence-corrected chi connectivity index (χ4v) is 3.80. The van der Waals surface area contributed by atoms with Crippen molar-refractivity contribution >= 4 is 27.5 Å². The number of allylic oxidation sites excluding steroid dienone is 1. The van der Waals surface area contributed by atoms with Crippen molar-refractivity contribution in [2.45, 2.75) is 18.2 Å². The van der Waals surface area contributed by atoms with Gasteiger partial charge in [-0.1, -0.05) is 17.7 Å². The monoisotopic (exact) mass is 390 g/mol. The Balaban J connectivity index is 2.10. The Morgan fingerprint density at radius 2 is 1.70 bits per heavy atom. The Morgan fingerprint density at radius 1 is 1.11 bits per heavy atom. The molecule has 0 atom stereocenters. The van der Waals surface area contributed by atoms with E-state index in [1.54, 1.807) is 6.92 Å². The zero-order chi connectivity index (χ0) is 19.9. The third-order valence-electron chi connectivity index (χ3n) is 4.42. The van der Waals surface area contributed by atoms with E-state index >= 15 is 0 Å². The van der Waals surface area contributed by atoms with E-state index in [-0.39, 0.29) is 10.5 Å². The number of sulfone groups is 1. The van der Waals surface area contributed by atoms with E-state index in [1.165, 1.54) is 30.3 Å². The van der Waals surface area contributed by atoms with Gasteiger partial charge in [0, 0.05) is 6.26 Å². The minimum absolute atomic E-state index is 0.0654. The second kappa shape index (κ2) is 6.74. The maximum Gasteiger partial charge on any atom is 0.336 e. The third kappa shape index (κ3) is 3.68. The molecule has 27 heavy (non-hydrogen) atoms. The molecule has 1 aliphatic rings. The molecular weight excluding hydrogens is 374 g/mol. The summed E-state index contributed by atoms with van der Waals surface area (Å²) in [6.45, 7) is 1.72. The predicted octanol–water partition coefficient (Wildman–Crippen LogP) is 3.87. The van der Waals surface area contributed by atoms with Crippen LogP contribution in [0.25, 0.3) is 11.6 Å². The van der Waals surface area contributed by atoms with Crippen LogP contribution in [0.1, 0.15) is 23.6 Å². The Morgan fingerprint density at radius 3 is 2.26 bits per heavy atom. The highest BCUT2D eigenvalue weighted by Crippen LogP contribution is 2.39. The number of rotatable bonds is 4. The zero-order valence-electron chi connectivity index (χ0n) is 14.6. The summed E-state index contributed by atoms with van der Waals surface area (Å²) in [7, 11) is -3.36. The van der Waals surface area contributed by atoms with Crippen molar-refractivity contribution in [3.63, 3.8) is 0 Å². The van der Waals surface area contributed by atoms with E-state index < -0.39 is 27.4 Å². The fraction of sp³-hybridized carbons (Fsp3) is 0.150. The second-order valence-corrected chi connectivity index (χ2v) is 8.48. The Kier molecular flexibility index (Phi) is 4.73. The standard InChI is InChI=1S/C20H16F2O4S/c1-11-7-13-9-17(21)18(22)10-15(13)19(11)16(20(23)24)8-12-3-5-14(6-4-12)27(2,25)26/h3-6,8-10H,7H2,1-2H3,(H,23,24). The number of carboxylic acids is 1. The molecule has 0 aromatic heterocycles. The summed E-state index contributed by atoms with van der Waals surface area (Å²) in [4.78, 5) is 12.0. The summed E-state index contributed by atoms with van der Waals surface area (Å²) < 4.78 is 50.3. The van der Waals surface area contributed by atoms with Crippen LogP contribution in [-0.4, -0.2) is 25.7 Å². The van der Waals surface area contributed by atoms with Crippen LogP contribution in [0.4, 0.5) is 8.78 Å². The average molecular weight is 390 g/mol. The maximum atomic E-state index is 13.7. The molecule has 0 fully saturated rings. The summed E-state index contributed by atoms with van der Waals surface area (Å²) in [5.41, 5.74) is 2.34. The molecule has 0 bridgehead atoms. The van der Waals surface area contributed by atoms with Gasteiger partial charge in [-0.3, -0.25) is 0 Å². The number of hydrogen-bond donors (Lipinski definition) is 1. The van der Waals surface area contributed by atoms with Crippen molar-refractivity contribution in [2.75, 3.05) is 6.26 Å². The molecular formula is C20H16F2O4S. The molecule has 4 nitrogen and oxygen atoms in total. The first-order valence-corrected chi connectivity index (χ1v) is 9.90. The molecule has 2 aromatic carbocycles. The molecule has 7 heteroatoms. The number of benzene rings is 2. The topological polar surface area (TPSA) is 71.4 Å². The highest BCUT2D eigenvalue weighted by molar-refractivity contribution is 7.90. The lowest BCUT2D eigenvalue weighted by molar-refractivity contribution is -0.132. The van der Waals surface area contributed by atoms with E-state index in [0.29, 0.717) is 34.3 Å². The van der Waals surface area contributed by atoms with Gasteiger partial charge in [0.05, 0.1) is 10.5 Å². The van der Waals surface area contributed by atoms with Crippen molar-refractivity contribution < 1.29 is 27.1 Å². The van der Waals surface area contributed by atoms with Gasteiger partial charge in [-0.25, -0.2) is 22.0 Å². The van der Waals surface area contributed by atoms with Gasteiger partial charge in [0.15, 0.2) is 21.5 Å². The number of carbonyl (C=O) groups is 1. The van der Waals surface area contributed by atoms with E-state index in [2.05, 4.69) is 0 Å². The SMILES string of the molecule is CC1=C(C(=Cc2ccc(S(C)(=O)=O)cc2)C(=O)O)c2cc(F)c(F)cc2C1. The summed E-state index contributed by atoms with van der Waals surface area (Å²) in [6.07, 6.45) is 2.81. The van der Waals surface area contributed by atoms with Crippen molar-refractivity contribution in [3.8, 4) is 0 Å². The molecule has 0 aliphatic heterocycles. The molecule has 1 aliphatic carbocycles. The molecule has 0 radical (unpaired) electrons. The molecule has 1 N–H and O–H groups in total. The van der Waals surface area contributed by atoms with Gasteiger partial charge >= 0.3 is 5.97 Å². The quantitative estimate of drug-likeness (QED) is 0.805. The summed E-state index contributed by atoms with van der Waals surface area (Å²) in [5, 5.41) is 9.68. The van der Waals surface area contributed by atoms with Crippen LogP contribution in [0.3, 0.4) is 0 Å². The first-order valence-electron chi connectivity index (χ1n) is 8.01. The largest absolute Gasteiger partial charge is 0.478 e. The molecule has 0 saturated carbocycles. The first kappa shape index (κ1) is 19.0. The minimum atomic E-state index is -3.36. The number of fused-ring (bicyclic) bond motifs is 1. The van der Waals surface area contributed by atoms with Crippen LogP contribution >= 0.6 is 0 Å². The van der Waals surface area contributed by atoms with Gasteiger partial charge in [-0.05, 0) is 65.9 Å². The van der Waals surface area contributed by atoms with Crippen molar-refractivity contribution in [1.82, 2.24) is 0 Å². The third-order valence-corrected chi connectivity index (χ3v) is 5.55. The fourth-order valence-electron chi connectivity index (χ4n) is 3.16.